The first-order chi connectivity index (χ1) is 10.6. The summed E-state index contributed by atoms with van der Waals surface area (Å²) >= 11 is 3.35. The van der Waals surface area contributed by atoms with Gasteiger partial charge in [0.1, 0.15) is 12.4 Å². The van der Waals surface area contributed by atoms with Crippen molar-refractivity contribution in [2.75, 3.05) is 13.2 Å². The van der Waals surface area contributed by atoms with Gasteiger partial charge in [-0.05, 0) is 41.8 Å². The van der Waals surface area contributed by atoms with Gasteiger partial charge in [0.05, 0.1) is 6.54 Å². The lowest BCUT2D eigenvalue weighted by Gasteiger charge is -2.14. The van der Waals surface area contributed by atoms with E-state index in [4.69, 9.17) is 4.74 Å². The fourth-order valence-corrected chi connectivity index (χ4v) is 2.38. The lowest BCUT2D eigenvalue weighted by atomic mass is 10.0. The van der Waals surface area contributed by atoms with Crippen LogP contribution in [0.5, 0.6) is 5.75 Å². The molecule has 2 aromatic carbocycles. The van der Waals surface area contributed by atoms with Crippen molar-refractivity contribution in [3.63, 3.8) is 0 Å². The quantitative estimate of drug-likeness (QED) is 0.775. The molecule has 116 valence electrons. The van der Waals surface area contributed by atoms with Gasteiger partial charge < -0.3 is 10.1 Å². The van der Waals surface area contributed by atoms with Crippen molar-refractivity contribution in [1.29, 1.82) is 0 Å². The molecule has 0 atom stereocenters. The standard InChI is InChI=1S/C18H20BrNO2/c1-13(2)16-5-3-4-6-17(16)22-12-11-20-18(21)14-7-9-15(19)10-8-14/h3-10,13H,11-12H2,1-2H3,(H,20,21). The molecule has 0 aliphatic heterocycles. The van der Waals surface area contributed by atoms with Crippen LogP contribution in [0.1, 0.15) is 35.7 Å². The molecule has 0 fully saturated rings. The van der Waals surface area contributed by atoms with Crippen molar-refractivity contribution in [3.05, 3.63) is 64.1 Å². The minimum Gasteiger partial charge on any atom is -0.491 e. The number of ether oxygens (including phenoxy) is 1. The molecule has 0 unspecified atom stereocenters. The number of amides is 1. The van der Waals surface area contributed by atoms with E-state index >= 15 is 0 Å². The summed E-state index contributed by atoms with van der Waals surface area (Å²) in [7, 11) is 0. The molecule has 2 rings (SSSR count). The summed E-state index contributed by atoms with van der Waals surface area (Å²) in [6.45, 7) is 5.20. The van der Waals surface area contributed by atoms with Gasteiger partial charge >= 0.3 is 0 Å². The molecule has 0 heterocycles. The van der Waals surface area contributed by atoms with Gasteiger partial charge in [0.25, 0.3) is 5.91 Å². The van der Waals surface area contributed by atoms with Crippen molar-refractivity contribution >= 4 is 21.8 Å². The predicted molar refractivity (Wildman–Crippen MR) is 92.5 cm³/mol. The minimum absolute atomic E-state index is 0.0896. The van der Waals surface area contributed by atoms with E-state index in [2.05, 4.69) is 41.2 Å². The Morgan fingerprint density at radius 3 is 2.50 bits per heavy atom. The third-order valence-corrected chi connectivity index (χ3v) is 3.82. The van der Waals surface area contributed by atoms with Crippen LogP contribution in [0.15, 0.2) is 53.0 Å². The van der Waals surface area contributed by atoms with Crippen LogP contribution in [0, 0.1) is 0 Å². The Morgan fingerprint density at radius 1 is 1.14 bits per heavy atom. The van der Waals surface area contributed by atoms with E-state index < -0.39 is 0 Å². The average Bonchev–Trinajstić information content (AvgIpc) is 2.52. The van der Waals surface area contributed by atoms with Gasteiger partial charge in [-0.15, -0.1) is 0 Å². The first-order valence-electron chi connectivity index (χ1n) is 7.33. The zero-order valence-corrected chi connectivity index (χ0v) is 14.4. The highest BCUT2D eigenvalue weighted by Gasteiger charge is 2.07. The van der Waals surface area contributed by atoms with E-state index in [1.165, 1.54) is 5.56 Å². The van der Waals surface area contributed by atoms with Gasteiger partial charge in [-0.25, -0.2) is 0 Å². The molecule has 0 bridgehead atoms. The normalized spacial score (nSPS) is 10.5. The first kappa shape index (κ1) is 16.6. The zero-order valence-electron chi connectivity index (χ0n) is 12.8. The molecule has 0 saturated heterocycles. The zero-order chi connectivity index (χ0) is 15.9. The SMILES string of the molecule is CC(C)c1ccccc1OCCNC(=O)c1ccc(Br)cc1. The number of hydrogen-bond donors (Lipinski definition) is 1. The second-order valence-corrected chi connectivity index (χ2v) is 6.22. The molecule has 2 aromatic rings. The fourth-order valence-electron chi connectivity index (χ4n) is 2.12. The van der Waals surface area contributed by atoms with E-state index in [-0.39, 0.29) is 5.91 Å². The summed E-state index contributed by atoms with van der Waals surface area (Å²) < 4.78 is 6.74. The van der Waals surface area contributed by atoms with Crippen LogP contribution in [0.3, 0.4) is 0 Å². The van der Waals surface area contributed by atoms with Gasteiger partial charge in [0, 0.05) is 10.0 Å². The van der Waals surface area contributed by atoms with E-state index in [0.29, 0.717) is 24.6 Å². The summed E-state index contributed by atoms with van der Waals surface area (Å²) in [4.78, 5) is 12.0. The van der Waals surface area contributed by atoms with Crippen molar-refractivity contribution in [2.24, 2.45) is 0 Å². The second kappa shape index (κ2) is 7.99. The molecular weight excluding hydrogens is 342 g/mol. The third kappa shape index (κ3) is 4.60. The molecule has 1 amide bonds. The smallest absolute Gasteiger partial charge is 0.251 e. The van der Waals surface area contributed by atoms with Crippen molar-refractivity contribution in [2.45, 2.75) is 19.8 Å². The summed E-state index contributed by atoms with van der Waals surface area (Å²) in [5.74, 6) is 1.21. The third-order valence-electron chi connectivity index (χ3n) is 3.29. The van der Waals surface area contributed by atoms with Crippen LogP contribution in [-0.4, -0.2) is 19.1 Å². The average molecular weight is 362 g/mol. The Bertz CT molecular complexity index is 623. The summed E-state index contributed by atoms with van der Waals surface area (Å²) in [5, 5.41) is 2.86. The van der Waals surface area contributed by atoms with Gasteiger partial charge in [0.15, 0.2) is 0 Å². The highest BCUT2D eigenvalue weighted by atomic mass is 79.9. The largest absolute Gasteiger partial charge is 0.491 e. The number of halogens is 1. The van der Waals surface area contributed by atoms with Gasteiger partial charge in [-0.2, -0.15) is 0 Å². The Kier molecular flexibility index (Phi) is 6.01. The molecule has 1 N–H and O–H groups in total. The number of carbonyl (C=O) groups excluding carboxylic acids is 1. The van der Waals surface area contributed by atoms with Gasteiger partial charge in [0.2, 0.25) is 0 Å². The number of benzene rings is 2. The van der Waals surface area contributed by atoms with E-state index in [1.807, 2.05) is 30.3 Å². The van der Waals surface area contributed by atoms with Crippen molar-refractivity contribution in [1.82, 2.24) is 5.32 Å². The maximum atomic E-state index is 12.0. The molecule has 0 aliphatic rings. The van der Waals surface area contributed by atoms with Crippen LogP contribution in [-0.2, 0) is 0 Å². The van der Waals surface area contributed by atoms with E-state index in [1.54, 1.807) is 12.1 Å². The topological polar surface area (TPSA) is 38.3 Å². The second-order valence-electron chi connectivity index (χ2n) is 5.30. The Morgan fingerprint density at radius 2 is 1.82 bits per heavy atom. The number of para-hydroxylation sites is 1. The van der Waals surface area contributed by atoms with Gasteiger partial charge in [-0.3, -0.25) is 4.79 Å². The molecule has 0 aliphatic carbocycles. The maximum Gasteiger partial charge on any atom is 0.251 e. The number of hydrogen-bond acceptors (Lipinski definition) is 2. The molecular formula is C18H20BrNO2. The highest BCUT2D eigenvalue weighted by Crippen LogP contribution is 2.25. The van der Waals surface area contributed by atoms with Crippen LogP contribution in [0.25, 0.3) is 0 Å². The van der Waals surface area contributed by atoms with Crippen LogP contribution >= 0.6 is 15.9 Å². The Labute approximate surface area is 139 Å². The number of nitrogens with one attached hydrogen (secondary N) is 1. The van der Waals surface area contributed by atoms with E-state index in [9.17, 15) is 4.79 Å². The highest BCUT2D eigenvalue weighted by molar-refractivity contribution is 9.10. The molecule has 0 aromatic heterocycles. The fraction of sp³-hybridized carbons (Fsp3) is 0.278. The van der Waals surface area contributed by atoms with Crippen LogP contribution in [0.4, 0.5) is 0 Å². The van der Waals surface area contributed by atoms with Crippen molar-refractivity contribution in [3.8, 4) is 5.75 Å². The molecule has 0 saturated carbocycles. The monoisotopic (exact) mass is 361 g/mol. The van der Waals surface area contributed by atoms with E-state index in [0.717, 1.165) is 10.2 Å². The summed E-state index contributed by atoms with van der Waals surface area (Å²) in [6, 6.07) is 15.3. The number of rotatable bonds is 6. The molecule has 22 heavy (non-hydrogen) atoms. The maximum absolute atomic E-state index is 12.0. The molecule has 4 heteroatoms. The van der Waals surface area contributed by atoms with Gasteiger partial charge in [-0.1, -0.05) is 48.0 Å². The molecule has 0 spiro atoms. The predicted octanol–water partition coefficient (Wildman–Crippen LogP) is 4.38. The van der Waals surface area contributed by atoms with Crippen molar-refractivity contribution < 1.29 is 9.53 Å². The Balaban J connectivity index is 1.82. The summed E-state index contributed by atoms with van der Waals surface area (Å²) in [5.41, 5.74) is 1.83. The molecule has 0 radical (unpaired) electrons. The lowest BCUT2D eigenvalue weighted by molar-refractivity contribution is 0.0947. The number of carbonyl (C=O) groups is 1. The minimum atomic E-state index is -0.0896. The molecule has 3 nitrogen and oxygen atoms in total. The van der Waals surface area contributed by atoms with Crippen LogP contribution < -0.4 is 10.1 Å². The van der Waals surface area contributed by atoms with Crippen LogP contribution in [0.2, 0.25) is 0 Å². The first-order valence-corrected chi connectivity index (χ1v) is 8.12. The lowest BCUT2D eigenvalue weighted by Crippen LogP contribution is -2.28. The Hall–Kier alpha value is -1.81. The summed E-state index contributed by atoms with van der Waals surface area (Å²) in [6.07, 6.45) is 0.